The van der Waals surface area contributed by atoms with E-state index in [1.165, 1.54) is 0 Å². The van der Waals surface area contributed by atoms with E-state index in [1.807, 2.05) is 0 Å². The molecule has 0 aromatic heterocycles. The molecule has 13 heavy (non-hydrogen) atoms. The van der Waals surface area contributed by atoms with Crippen LogP contribution in [0.15, 0.2) is 0 Å². The van der Waals surface area contributed by atoms with Gasteiger partial charge in [-0.1, -0.05) is 13.8 Å². The number of hydrogen-bond donors (Lipinski definition) is 1. The molecule has 3 heteroatoms. The molecule has 0 spiro atoms. The van der Waals surface area contributed by atoms with E-state index in [0.29, 0.717) is 12.3 Å². The van der Waals surface area contributed by atoms with E-state index < -0.39 is 11.9 Å². The van der Waals surface area contributed by atoms with E-state index >= 15 is 0 Å². The van der Waals surface area contributed by atoms with Crippen LogP contribution >= 0.6 is 0 Å². The monoisotopic (exact) mass is 182 g/mol. The summed E-state index contributed by atoms with van der Waals surface area (Å²) >= 11 is 0. The van der Waals surface area contributed by atoms with Gasteiger partial charge in [-0.25, -0.2) is 0 Å². The lowest BCUT2D eigenvalue weighted by Crippen LogP contribution is -2.57. The molecule has 0 amide bonds. The topological polar surface area (TPSA) is 54.4 Å². The fourth-order valence-corrected chi connectivity index (χ4v) is 2.76. The third kappa shape index (κ3) is 0.960. The average Bonchev–Trinajstić information content (AvgIpc) is 2.02. The van der Waals surface area contributed by atoms with Crippen molar-refractivity contribution in [2.24, 2.45) is 23.2 Å². The van der Waals surface area contributed by atoms with Gasteiger partial charge in [0.2, 0.25) is 0 Å². The number of ketones is 1. The fourth-order valence-electron chi connectivity index (χ4n) is 2.76. The number of fused-ring (bicyclic) bond motifs is 2. The fraction of sp³-hybridized carbons (Fsp3) is 0.800. The molecular weight excluding hydrogens is 168 g/mol. The normalized spacial score (nSPS) is 41.1. The van der Waals surface area contributed by atoms with E-state index in [0.717, 1.165) is 6.42 Å². The number of hydrogen-bond acceptors (Lipinski definition) is 2. The first-order chi connectivity index (χ1) is 5.94. The second-order valence-corrected chi connectivity index (χ2v) is 4.84. The van der Waals surface area contributed by atoms with E-state index in [2.05, 4.69) is 13.8 Å². The van der Waals surface area contributed by atoms with Crippen molar-refractivity contribution >= 4 is 11.8 Å². The van der Waals surface area contributed by atoms with Gasteiger partial charge in [0.1, 0.15) is 5.92 Å². The van der Waals surface area contributed by atoms with Gasteiger partial charge in [0.05, 0.1) is 0 Å². The maximum atomic E-state index is 11.6. The van der Waals surface area contributed by atoms with Crippen molar-refractivity contribution in [1.82, 2.24) is 0 Å². The Morgan fingerprint density at radius 1 is 1.46 bits per heavy atom. The maximum Gasteiger partial charge on any atom is 0.314 e. The highest BCUT2D eigenvalue weighted by atomic mass is 16.4. The molecule has 1 unspecified atom stereocenters. The second kappa shape index (κ2) is 2.34. The molecule has 3 fully saturated rings. The van der Waals surface area contributed by atoms with Crippen LogP contribution in [0.25, 0.3) is 0 Å². The van der Waals surface area contributed by atoms with Gasteiger partial charge in [0.15, 0.2) is 5.78 Å². The lowest BCUT2D eigenvalue weighted by Gasteiger charge is -2.56. The van der Waals surface area contributed by atoms with Crippen LogP contribution < -0.4 is 0 Å². The van der Waals surface area contributed by atoms with Crippen molar-refractivity contribution < 1.29 is 14.7 Å². The second-order valence-electron chi connectivity index (χ2n) is 4.84. The third-order valence-corrected chi connectivity index (χ3v) is 3.98. The first-order valence-corrected chi connectivity index (χ1v) is 4.71. The highest BCUT2D eigenvalue weighted by molar-refractivity contribution is 6.01. The molecule has 1 N–H and O–H groups in total. The Morgan fingerprint density at radius 2 is 2.08 bits per heavy atom. The molecule has 3 atom stereocenters. The van der Waals surface area contributed by atoms with Crippen LogP contribution in [0.3, 0.4) is 0 Å². The number of carboxylic acid groups (broad SMARTS) is 1. The molecule has 0 aliphatic heterocycles. The molecule has 2 bridgehead atoms. The van der Waals surface area contributed by atoms with Crippen molar-refractivity contribution in [3.8, 4) is 0 Å². The first-order valence-electron chi connectivity index (χ1n) is 4.71. The van der Waals surface area contributed by atoms with E-state index in [4.69, 9.17) is 5.11 Å². The Morgan fingerprint density at radius 3 is 2.46 bits per heavy atom. The van der Waals surface area contributed by atoms with Crippen molar-refractivity contribution in [1.29, 1.82) is 0 Å². The van der Waals surface area contributed by atoms with Gasteiger partial charge in [-0.3, -0.25) is 9.59 Å². The average molecular weight is 182 g/mol. The summed E-state index contributed by atoms with van der Waals surface area (Å²) in [6.07, 6.45) is 1.47. The van der Waals surface area contributed by atoms with Crippen LogP contribution in [-0.2, 0) is 9.59 Å². The predicted molar refractivity (Wildman–Crippen MR) is 46.1 cm³/mol. The summed E-state index contributed by atoms with van der Waals surface area (Å²) < 4.78 is 0. The summed E-state index contributed by atoms with van der Waals surface area (Å²) in [6, 6.07) is 0. The number of carbonyl (C=O) groups is 2. The van der Waals surface area contributed by atoms with Crippen LogP contribution in [-0.4, -0.2) is 16.9 Å². The smallest absolute Gasteiger partial charge is 0.314 e. The molecular formula is C10H14O3. The van der Waals surface area contributed by atoms with Crippen LogP contribution in [0, 0.1) is 23.2 Å². The zero-order valence-electron chi connectivity index (χ0n) is 7.91. The SMILES string of the molecule is CC1(C)[C@H]2CC(C(=O)O)C(=O)[C@@H]1C2. The number of carboxylic acids is 1. The summed E-state index contributed by atoms with van der Waals surface area (Å²) in [5.74, 6) is -1.24. The molecule has 0 aromatic carbocycles. The molecule has 0 aromatic rings. The Hall–Kier alpha value is -0.860. The number of aliphatic carboxylic acids is 1. The molecule has 0 heterocycles. The molecule has 3 saturated carbocycles. The summed E-state index contributed by atoms with van der Waals surface area (Å²) in [5.41, 5.74) is 0.0586. The zero-order chi connectivity index (χ0) is 9.80. The minimum absolute atomic E-state index is 0.00681. The molecule has 0 radical (unpaired) electrons. The van der Waals surface area contributed by atoms with Crippen LogP contribution in [0.4, 0.5) is 0 Å². The molecule has 3 rings (SSSR count). The van der Waals surface area contributed by atoms with E-state index in [9.17, 15) is 9.59 Å². The predicted octanol–water partition coefficient (Wildman–Crippen LogP) is 1.32. The Kier molecular flexibility index (Phi) is 1.57. The highest BCUT2D eigenvalue weighted by Crippen LogP contribution is 2.58. The number of Topliss-reactive ketones (excluding diaryl/α,β-unsaturated/α-hetero) is 1. The standard InChI is InChI=1S/C10H14O3/c1-10(2)5-3-6(9(12)13)8(11)7(10)4-5/h5-7H,3-4H2,1-2H3,(H,12,13)/t5-,6?,7-/m0/s1. The molecule has 0 saturated heterocycles. The third-order valence-electron chi connectivity index (χ3n) is 3.98. The number of carbonyl (C=O) groups excluding carboxylic acids is 1. The van der Waals surface area contributed by atoms with Gasteiger partial charge >= 0.3 is 5.97 Å². The van der Waals surface area contributed by atoms with Crippen molar-refractivity contribution in [3.05, 3.63) is 0 Å². The van der Waals surface area contributed by atoms with Gasteiger partial charge in [-0.05, 0) is 24.2 Å². The van der Waals surface area contributed by atoms with Crippen molar-refractivity contribution in [2.75, 3.05) is 0 Å². The Labute approximate surface area is 77.1 Å². The summed E-state index contributed by atoms with van der Waals surface area (Å²) in [6.45, 7) is 4.14. The largest absolute Gasteiger partial charge is 0.481 e. The zero-order valence-corrected chi connectivity index (χ0v) is 7.91. The van der Waals surface area contributed by atoms with Gasteiger partial charge in [-0.15, -0.1) is 0 Å². The molecule has 3 aliphatic carbocycles. The van der Waals surface area contributed by atoms with E-state index in [-0.39, 0.29) is 17.1 Å². The minimum atomic E-state index is -0.935. The lowest BCUT2D eigenvalue weighted by molar-refractivity contribution is -0.167. The van der Waals surface area contributed by atoms with Gasteiger partial charge in [0.25, 0.3) is 0 Å². The van der Waals surface area contributed by atoms with Crippen molar-refractivity contribution in [2.45, 2.75) is 26.7 Å². The summed E-state index contributed by atoms with van der Waals surface area (Å²) in [4.78, 5) is 22.4. The molecule has 72 valence electrons. The summed E-state index contributed by atoms with van der Waals surface area (Å²) in [5, 5.41) is 8.80. The molecule has 3 nitrogen and oxygen atoms in total. The van der Waals surface area contributed by atoms with Crippen LogP contribution in [0.1, 0.15) is 26.7 Å². The Bertz CT molecular complexity index is 280. The number of rotatable bonds is 1. The quantitative estimate of drug-likeness (QED) is 0.622. The lowest BCUT2D eigenvalue weighted by atomic mass is 9.46. The molecule has 3 aliphatic rings. The van der Waals surface area contributed by atoms with Gasteiger partial charge in [-0.2, -0.15) is 0 Å². The minimum Gasteiger partial charge on any atom is -0.481 e. The Balaban J connectivity index is 2.21. The van der Waals surface area contributed by atoms with Crippen molar-refractivity contribution in [3.63, 3.8) is 0 Å². The van der Waals surface area contributed by atoms with Crippen LogP contribution in [0.5, 0.6) is 0 Å². The van der Waals surface area contributed by atoms with Crippen LogP contribution in [0.2, 0.25) is 0 Å². The van der Waals surface area contributed by atoms with Gasteiger partial charge in [0, 0.05) is 5.92 Å². The van der Waals surface area contributed by atoms with E-state index in [1.54, 1.807) is 0 Å². The first kappa shape index (κ1) is 8.73. The maximum absolute atomic E-state index is 11.6. The summed E-state index contributed by atoms with van der Waals surface area (Å²) in [7, 11) is 0. The highest BCUT2D eigenvalue weighted by Gasteiger charge is 2.59. The van der Waals surface area contributed by atoms with Gasteiger partial charge < -0.3 is 5.11 Å².